The molecule has 0 aromatic heterocycles. The molecular formula is C21H25ClN2O3. The quantitative estimate of drug-likeness (QED) is 0.710. The Morgan fingerprint density at radius 3 is 2.48 bits per heavy atom. The molecule has 0 saturated carbocycles. The van der Waals surface area contributed by atoms with Gasteiger partial charge in [0.15, 0.2) is 0 Å². The summed E-state index contributed by atoms with van der Waals surface area (Å²) in [6.45, 7) is 4.72. The Bertz CT molecular complexity index is 762. The number of para-hydroxylation sites is 2. The van der Waals surface area contributed by atoms with E-state index in [1.807, 2.05) is 55.5 Å². The molecule has 2 aromatic rings. The number of nitrogens with zero attached hydrogens (tertiary/aromatic N) is 1. The molecule has 2 amide bonds. The van der Waals surface area contributed by atoms with Crippen LogP contribution in [-0.2, 0) is 16.0 Å². The molecule has 0 atom stereocenters. The molecule has 6 heteroatoms. The van der Waals surface area contributed by atoms with Crippen LogP contribution in [0.15, 0.2) is 48.5 Å². The van der Waals surface area contributed by atoms with Crippen LogP contribution in [0, 0.1) is 0 Å². The number of amides is 2. The van der Waals surface area contributed by atoms with Crippen LogP contribution < -0.4 is 15.0 Å². The van der Waals surface area contributed by atoms with Gasteiger partial charge in [-0.25, -0.2) is 0 Å². The Balaban J connectivity index is 1.87. The minimum absolute atomic E-state index is 0.0934. The van der Waals surface area contributed by atoms with Gasteiger partial charge in [0.2, 0.25) is 11.8 Å². The Morgan fingerprint density at radius 2 is 1.81 bits per heavy atom. The third kappa shape index (κ3) is 6.61. The van der Waals surface area contributed by atoms with E-state index in [1.165, 1.54) is 6.92 Å². The van der Waals surface area contributed by atoms with Gasteiger partial charge in [0.05, 0.1) is 12.3 Å². The first-order valence-electron chi connectivity index (χ1n) is 9.02. The summed E-state index contributed by atoms with van der Waals surface area (Å²) in [5, 5.41) is 3.58. The summed E-state index contributed by atoms with van der Waals surface area (Å²) in [5.74, 6) is 0.415. The van der Waals surface area contributed by atoms with Crippen LogP contribution in [0.2, 0.25) is 5.02 Å². The second-order valence-corrected chi connectivity index (χ2v) is 6.48. The molecule has 0 aliphatic heterocycles. The van der Waals surface area contributed by atoms with Gasteiger partial charge in [-0.3, -0.25) is 9.59 Å². The number of carbonyl (C=O) groups is 2. The molecule has 0 bridgehead atoms. The maximum absolute atomic E-state index is 12.2. The lowest BCUT2D eigenvalue weighted by molar-refractivity contribution is -0.121. The van der Waals surface area contributed by atoms with Crippen molar-refractivity contribution in [1.29, 1.82) is 0 Å². The van der Waals surface area contributed by atoms with E-state index >= 15 is 0 Å². The van der Waals surface area contributed by atoms with Gasteiger partial charge >= 0.3 is 0 Å². The molecule has 0 aliphatic rings. The Morgan fingerprint density at radius 1 is 1.11 bits per heavy atom. The molecule has 0 unspecified atom stereocenters. The summed E-state index contributed by atoms with van der Waals surface area (Å²) in [7, 11) is 0. The number of carbonyl (C=O) groups excluding carboxylic acids is 2. The van der Waals surface area contributed by atoms with E-state index in [0.717, 1.165) is 12.0 Å². The lowest BCUT2D eigenvalue weighted by Crippen LogP contribution is -2.34. The number of nitrogens with one attached hydrogen (secondary N) is 1. The van der Waals surface area contributed by atoms with Crippen LogP contribution in [0.1, 0.15) is 25.8 Å². The second kappa shape index (κ2) is 10.6. The molecule has 0 aliphatic carbocycles. The highest BCUT2D eigenvalue weighted by atomic mass is 35.5. The van der Waals surface area contributed by atoms with Crippen molar-refractivity contribution in [3.8, 4) is 5.75 Å². The van der Waals surface area contributed by atoms with Crippen molar-refractivity contribution in [3.63, 3.8) is 0 Å². The molecule has 5 nitrogen and oxygen atoms in total. The van der Waals surface area contributed by atoms with E-state index in [-0.39, 0.29) is 18.2 Å². The average molecular weight is 389 g/mol. The molecule has 2 rings (SSSR count). The Kier molecular flexibility index (Phi) is 8.14. The number of halogens is 1. The second-order valence-electron chi connectivity index (χ2n) is 6.05. The van der Waals surface area contributed by atoms with Gasteiger partial charge in [0.1, 0.15) is 5.75 Å². The smallest absolute Gasteiger partial charge is 0.223 e. The molecule has 0 saturated heterocycles. The zero-order valence-corrected chi connectivity index (χ0v) is 16.5. The minimum atomic E-state index is -0.129. The fourth-order valence-electron chi connectivity index (χ4n) is 2.70. The monoisotopic (exact) mass is 388 g/mol. The van der Waals surface area contributed by atoms with Crippen LogP contribution in [0.4, 0.5) is 5.69 Å². The van der Waals surface area contributed by atoms with Gasteiger partial charge in [-0.1, -0.05) is 35.9 Å². The fourth-order valence-corrected chi connectivity index (χ4v) is 2.83. The number of benzene rings is 2. The summed E-state index contributed by atoms with van der Waals surface area (Å²) in [6.07, 6.45) is 0.952. The Labute approximate surface area is 165 Å². The molecule has 27 heavy (non-hydrogen) atoms. The molecule has 144 valence electrons. The van der Waals surface area contributed by atoms with Gasteiger partial charge < -0.3 is 15.0 Å². The van der Waals surface area contributed by atoms with E-state index in [9.17, 15) is 9.59 Å². The fraction of sp³-hybridized carbons (Fsp3) is 0.333. The van der Waals surface area contributed by atoms with Crippen molar-refractivity contribution in [2.24, 2.45) is 0 Å². The predicted molar refractivity (Wildman–Crippen MR) is 108 cm³/mol. The third-order valence-corrected chi connectivity index (χ3v) is 4.30. The minimum Gasteiger partial charge on any atom is -0.492 e. The van der Waals surface area contributed by atoms with Crippen LogP contribution in [-0.4, -0.2) is 31.5 Å². The van der Waals surface area contributed by atoms with Gasteiger partial charge in [0.25, 0.3) is 0 Å². The van der Waals surface area contributed by atoms with Gasteiger partial charge in [-0.2, -0.15) is 0 Å². The zero-order valence-electron chi connectivity index (χ0n) is 15.7. The number of hydrogen-bond acceptors (Lipinski definition) is 3. The van der Waals surface area contributed by atoms with Crippen molar-refractivity contribution >= 4 is 29.1 Å². The molecule has 0 radical (unpaired) electrons. The number of anilines is 1. The zero-order chi connectivity index (χ0) is 19.6. The number of ether oxygens (including phenoxy) is 1. The highest BCUT2D eigenvalue weighted by Crippen LogP contribution is 2.28. The van der Waals surface area contributed by atoms with E-state index in [0.29, 0.717) is 36.2 Å². The van der Waals surface area contributed by atoms with E-state index in [4.69, 9.17) is 16.3 Å². The SMILES string of the molecule is CCOc1ccccc1N(CCC(=O)NCCc1ccc(Cl)cc1)C(C)=O. The summed E-state index contributed by atoms with van der Waals surface area (Å²) in [5.41, 5.74) is 1.79. The number of hydrogen-bond donors (Lipinski definition) is 1. The van der Waals surface area contributed by atoms with Crippen LogP contribution in [0.25, 0.3) is 0 Å². The van der Waals surface area contributed by atoms with E-state index < -0.39 is 0 Å². The summed E-state index contributed by atoms with van der Waals surface area (Å²) < 4.78 is 5.59. The topological polar surface area (TPSA) is 58.6 Å². The first kappa shape index (κ1) is 20.8. The van der Waals surface area contributed by atoms with Crippen molar-refractivity contribution < 1.29 is 14.3 Å². The van der Waals surface area contributed by atoms with E-state index in [2.05, 4.69) is 5.32 Å². The molecule has 0 spiro atoms. The van der Waals surface area contributed by atoms with Crippen molar-refractivity contribution in [2.75, 3.05) is 24.6 Å². The molecule has 0 heterocycles. The standard InChI is InChI=1S/C21H25ClN2O3/c1-3-27-20-7-5-4-6-19(20)24(16(2)25)15-13-21(26)23-14-12-17-8-10-18(22)11-9-17/h4-11H,3,12-15H2,1-2H3,(H,23,26). The number of rotatable bonds is 9. The van der Waals surface area contributed by atoms with Crippen LogP contribution >= 0.6 is 11.6 Å². The molecule has 1 N–H and O–H groups in total. The van der Waals surface area contributed by atoms with Crippen molar-refractivity contribution in [2.45, 2.75) is 26.7 Å². The van der Waals surface area contributed by atoms with Crippen LogP contribution in [0.5, 0.6) is 5.75 Å². The summed E-state index contributed by atoms with van der Waals surface area (Å²) in [6, 6.07) is 14.9. The van der Waals surface area contributed by atoms with Gasteiger partial charge in [-0.05, 0) is 43.2 Å². The third-order valence-electron chi connectivity index (χ3n) is 4.05. The normalized spacial score (nSPS) is 10.3. The van der Waals surface area contributed by atoms with Crippen molar-refractivity contribution in [1.82, 2.24) is 5.32 Å². The summed E-state index contributed by atoms with van der Waals surface area (Å²) >= 11 is 5.86. The first-order chi connectivity index (χ1) is 13.0. The molecule has 2 aromatic carbocycles. The Hall–Kier alpha value is -2.53. The lowest BCUT2D eigenvalue weighted by atomic mass is 10.1. The van der Waals surface area contributed by atoms with Gasteiger partial charge in [0, 0.05) is 31.5 Å². The van der Waals surface area contributed by atoms with Crippen LogP contribution in [0.3, 0.4) is 0 Å². The maximum atomic E-state index is 12.2. The largest absolute Gasteiger partial charge is 0.492 e. The van der Waals surface area contributed by atoms with Crippen molar-refractivity contribution in [3.05, 3.63) is 59.1 Å². The summed E-state index contributed by atoms with van der Waals surface area (Å²) in [4.78, 5) is 25.8. The molecule has 0 fully saturated rings. The first-order valence-corrected chi connectivity index (χ1v) is 9.40. The predicted octanol–water partition coefficient (Wildman–Crippen LogP) is 3.84. The maximum Gasteiger partial charge on any atom is 0.223 e. The van der Waals surface area contributed by atoms with Gasteiger partial charge in [-0.15, -0.1) is 0 Å². The average Bonchev–Trinajstić information content (AvgIpc) is 2.65. The highest BCUT2D eigenvalue weighted by Gasteiger charge is 2.17. The lowest BCUT2D eigenvalue weighted by Gasteiger charge is -2.23. The highest BCUT2D eigenvalue weighted by molar-refractivity contribution is 6.30. The van der Waals surface area contributed by atoms with E-state index in [1.54, 1.807) is 4.90 Å². The molecular weight excluding hydrogens is 364 g/mol.